The molecule has 118 valence electrons. The zero-order valence-corrected chi connectivity index (χ0v) is 13.1. The number of aliphatic hydroxyl groups excluding tert-OH is 1. The second-order valence-corrected chi connectivity index (χ2v) is 5.77. The molecule has 1 aliphatic carbocycles. The summed E-state index contributed by atoms with van der Waals surface area (Å²) < 4.78 is 17.3. The quantitative estimate of drug-likeness (QED) is 0.874. The van der Waals surface area contributed by atoms with Crippen molar-refractivity contribution >= 4 is 0 Å². The minimum absolute atomic E-state index is 0.00201. The van der Waals surface area contributed by atoms with Crippen LogP contribution in [-0.2, 0) is 20.8 Å². The number of methoxy groups -OCH3 is 2. The average Bonchev–Trinajstić information content (AvgIpc) is 2.53. The van der Waals surface area contributed by atoms with E-state index < -0.39 is 0 Å². The molecule has 4 heteroatoms. The van der Waals surface area contributed by atoms with E-state index in [0.717, 1.165) is 12.0 Å². The predicted molar refractivity (Wildman–Crippen MR) is 81.0 cm³/mol. The smallest absolute Gasteiger partial charge is 0.0891 e. The van der Waals surface area contributed by atoms with Crippen LogP contribution in [0.1, 0.15) is 18.9 Å². The number of ether oxygens (including phenoxy) is 3. The van der Waals surface area contributed by atoms with Gasteiger partial charge in [-0.15, -0.1) is 0 Å². The first-order chi connectivity index (χ1) is 10.2. The lowest BCUT2D eigenvalue weighted by Gasteiger charge is -2.44. The summed E-state index contributed by atoms with van der Waals surface area (Å²) in [5.74, 6) is 0.279. The first-order valence-corrected chi connectivity index (χ1v) is 7.53. The number of rotatable bonds is 6. The highest BCUT2D eigenvalue weighted by Crippen LogP contribution is 2.35. The van der Waals surface area contributed by atoms with Crippen LogP contribution >= 0.6 is 0 Å². The van der Waals surface area contributed by atoms with E-state index in [1.807, 2.05) is 18.2 Å². The van der Waals surface area contributed by atoms with Gasteiger partial charge < -0.3 is 19.3 Å². The molecule has 0 spiro atoms. The van der Waals surface area contributed by atoms with E-state index in [9.17, 15) is 5.11 Å². The van der Waals surface area contributed by atoms with Gasteiger partial charge >= 0.3 is 0 Å². The molecule has 4 nitrogen and oxygen atoms in total. The molecular formula is C17H26O4. The first-order valence-electron chi connectivity index (χ1n) is 7.53. The van der Waals surface area contributed by atoms with Crippen molar-refractivity contribution in [2.45, 2.75) is 38.3 Å². The molecule has 1 aromatic carbocycles. The molecule has 21 heavy (non-hydrogen) atoms. The van der Waals surface area contributed by atoms with Gasteiger partial charge in [0.1, 0.15) is 0 Å². The zero-order chi connectivity index (χ0) is 15.2. The summed E-state index contributed by atoms with van der Waals surface area (Å²) in [5, 5.41) is 9.54. The third-order valence-electron chi connectivity index (χ3n) is 4.50. The normalized spacial score (nSPS) is 33.0. The van der Waals surface area contributed by atoms with E-state index >= 15 is 0 Å². The van der Waals surface area contributed by atoms with Crippen molar-refractivity contribution in [3.63, 3.8) is 0 Å². The van der Waals surface area contributed by atoms with Crippen molar-refractivity contribution in [2.24, 2.45) is 11.8 Å². The molecule has 1 N–H and O–H groups in total. The monoisotopic (exact) mass is 294 g/mol. The van der Waals surface area contributed by atoms with Crippen LogP contribution in [0, 0.1) is 11.8 Å². The second-order valence-electron chi connectivity index (χ2n) is 5.77. The summed E-state index contributed by atoms with van der Waals surface area (Å²) >= 11 is 0. The molecule has 0 saturated heterocycles. The molecule has 1 aliphatic rings. The van der Waals surface area contributed by atoms with Crippen LogP contribution < -0.4 is 0 Å². The van der Waals surface area contributed by atoms with Crippen molar-refractivity contribution in [3.8, 4) is 0 Å². The molecule has 2 unspecified atom stereocenters. The molecule has 1 fully saturated rings. The van der Waals surface area contributed by atoms with Gasteiger partial charge in [0.15, 0.2) is 0 Å². The molecular weight excluding hydrogens is 268 g/mol. The fourth-order valence-electron chi connectivity index (χ4n) is 3.36. The average molecular weight is 294 g/mol. The molecule has 5 atom stereocenters. The van der Waals surface area contributed by atoms with E-state index in [1.54, 1.807) is 14.2 Å². The van der Waals surface area contributed by atoms with Gasteiger partial charge in [-0.3, -0.25) is 0 Å². The maximum absolute atomic E-state index is 9.54. The number of hydrogen-bond acceptors (Lipinski definition) is 4. The molecule has 0 radical (unpaired) electrons. The molecule has 0 aliphatic heterocycles. The zero-order valence-electron chi connectivity index (χ0n) is 13.1. The van der Waals surface area contributed by atoms with Gasteiger partial charge in [0.05, 0.1) is 24.9 Å². The van der Waals surface area contributed by atoms with Crippen molar-refractivity contribution in [1.82, 2.24) is 0 Å². The van der Waals surface area contributed by atoms with E-state index in [-0.39, 0.29) is 36.8 Å². The largest absolute Gasteiger partial charge is 0.396 e. The minimum atomic E-state index is -0.0250. The van der Waals surface area contributed by atoms with Gasteiger partial charge in [0, 0.05) is 32.7 Å². The van der Waals surface area contributed by atoms with Crippen molar-refractivity contribution in [3.05, 3.63) is 35.9 Å². The Bertz CT molecular complexity index is 409. The summed E-state index contributed by atoms with van der Waals surface area (Å²) in [4.78, 5) is 0. The Kier molecular flexibility index (Phi) is 6.18. The van der Waals surface area contributed by atoms with Crippen LogP contribution in [0.25, 0.3) is 0 Å². The molecule has 1 saturated carbocycles. The lowest BCUT2D eigenvalue weighted by atomic mass is 9.76. The van der Waals surface area contributed by atoms with Crippen LogP contribution in [0.4, 0.5) is 0 Å². The summed E-state index contributed by atoms with van der Waals surface area (Å²) in [5.41, 5.74) is 1.15. The van der Waals surface area contributed by atoms with Gasteiger partial charge in [-0.25, -0.2) is 0 Å². The third kappa shape index (κ3) is 3.83. The molecule has 0 bridgehead atoms. The lowest BCUT2D eigenvalue weighted by molar-refractivity contribution is -0.169. The minimum Gasteiger partial charge on any atom is -0.396 e. The van der Waals surface area contributed by atoms with Gasteiger partial charge in [0.2, 0.25) is 0 Å². The molecule has 0 heterocycles. The Labute approximate surface area is 127 Å². The van der Waals surface area contributed by atoms with E-state index in [0.29, 0.717) is 6.61 Å². The fourth-order valence-corrected chi connectivity index (χ4v) is 3.36. The SMILES string of the molecule is CO[C@@H]1C(CO)C[C@@H](OC)C(OCc2ccccc2)[C@H]1C. The van der Waals surface area contributed by atoms with Gasteiger partial charge in [-0.2, -0.15) is 0 Å². The van der Waals surface area contributed by atoms with Crippen LogP contribution in [0.3, 0.4) is 0 Å². The van der Waals surface area contributed by atoms with Crippen LogP contribution in [0.5, 0.6) is 0 Å². The molecule has 0 aromatic heterocycles. The maximum Gasteiger partial charge on any atom is 0.0891 e. The summed E-state index contributed by atoms with van der Waals surface area (Å²) in [6.45, 7) is 2.79. The van der Waals surface area contributed by atoms with Crippen molar-refractivity contribution in [2.75, 3.05) is 20.8 Å². The Morgan fingerprint density at radius 3 is 2.38 bits per heavy atom. The van der Waals surface area contributed by atoms with E-state index in [4.69, 9.17) is 14.2 Å². The highest BCUT2D eigenvalue weighted by Gasteiger charge is 2.43. The third-order valence-corrected chi connectivity index (χ3v) is 4.50. The van der Waals surface area contributed by atoms with Crippen molar-refractivity contribution in [1.29, 1.82) is 0 Å². The van der Waals surface area contributed by atoms with Crippen LogP contribution in [0.2, 0.25) is 0 Å². The van der Waals surface area contributed by atoms with E-state index in [1.165, 1.54) is 0 Å². The highest BCUT2D eigenvalue weighted by molar-refractivity contribution is 5.13. The summed E-state index contributed by atoms with van der Waals surface area (Å²) in [6.07, 6.45) is 0.729. The lowest BCUT2D eigenvalue weighted by Crippen LogP contribution is -2.52. The molecule has 1 aromatic rings. The number of hydrogen-bond donors (Lipinski definition) is 1. The predicted octanol–water partition coefficient (Wildman–Crippen LogP) is 2.25. The van der Waals surface area contributed by atoms with Crippen molar-refractivity contribution < 1.29 is 19.3 Å². The second kappa shape index (κ2) is 7.90. The number of aliphatic hydroxyl groups is 1. The Morgan fingerprint density at radius 1 is 1.10 bits per heavy atom. The fraction of sp³-hybridized carbons (Fsp3) is 0.647. The highest BCUT2D eigenvalue weighted by atomic mass is 16.5. The Hall–Kier alpha value is -0.940. The van der Waals surface area contributed by atoms with Gasteiger partial charge in [0.25, 0.3) is 0 Å². The van der Waals surface area contributed by atoms with Gasteiger partial charge in [-0.1, -0.05) is 37.3 Å². The van der Waals surface area contributed by atoms with Crippen LogP contribution in [0.15, 0.2) is 30.3 Å². The topological polar surface area (TPSA) is 47.9 Å². The van der Waals surface area contributed by atoms with Gasteiger partial charge in [-0.05, 0) is 12.0 Å². The molecule has 0 amide bonds. The number of benzene rings is 1. The Morgan fingerprint density at radius 2 is 1.81 bits per heavy atom. The summed E-state index contributed by atoms with van der Waals surface area (Å²) in [6, 6.07) is 10.1. The first kappa shape index (κ1) is 16.4. The summed E-state index contributed by atoms with van der Waals surface area (Å²) in [7, 11) is 3.41. The maximum atomic E-state index is 9.54. The van der Waals surface area contributed by atoms with E-state index in [2.05, 4.69) is 19.1 Å². The standard InChI is InChI=1S/C17H26O4/c1-12-16(20-3)14(10-18)9-15(19-2)17(12)21-11-13-7-5-4-6-8-13/h4-8,12,14-18H,9-11H2,1-3H3/t12-,14?,15+,16-,17?/m0/s1. The Balaban J connectivity index is 2.04. The molecule has 2 rings (SSSR count). The van der Waals surface area contributed by atoms with Crippen LogP contribution in [-0.4, -0.2) is 44.2 Å².